The molecular weight excluding hydrogens is 293 g/mol. The third kappa shape index (κ3) is 3.36. The van der Waals surface area contributed by atoms with Crippen LogP contribution in [-0.2, 0) is 11.3 Å². The number of rotatable bonds is 5. The Kier molecular flexibility index (Phi) is 3.59. The molecule has 1 saturated heterocycles. The normalized spacial score (nSPS) is 16.1. The first-order chi connectivity index (χ1) is 10.0. The molecular formula is C10H11F3N6O2. The molecule has 0 spiro atoms. The van der Waals surface area contributed by atoms with Gasteiger partial charge in [0.25, 0.3) is 5.89 Å². The Morgan fingerprint density at radius 1 is 1.43 bits per heavy atom. The Morgan fingerprint density at radius 2 is 2.24 bits per heavy atom. The summed E-state index contributed by atoms with van der Waals surface area (Å²) in [5.74, 6) is 0.119. The van der Waals surface area contributed by atoms with Crippen LogP contribution in [0.2, 0.25) is 0 Å². The average molecular weight is 304 g/mol. The van der Waals surface area contributed by atoms with Crippen LogP contribution in [0.1, 0.15) is 11.9 Å². The summed E-state index contributed by atoms with van der Waals surface area (Å²) in [6.45, 7) is -0.127. The van der Waals surface area contributed by atoms with Crippen molar-refractivity contribution >= 4 is 0 Å². The summed E-state index contributed by atoms with van der Waals surface area (Å²) >= 11 is 0. The summed E-state index contributed by atoms with van der Waals surface area (Å²) in [6, 6.07) is 0.240. The van der Waals surface area contributed by atoms with Gasteiger partial charge in [0, 0.05) is 13.1 Å². The van der Waals surface area contributed by atoms with Crippen molar-refractivity contribution in [1.82, 2.24) is 30.5 Å². The Hall–Kier alpha value is -2.01. The summed E-state index contributed by atoms with van der Waals surface area (Å²) in [5.41, 5.74) is 0.372. The van der Waals surface area contributed by atoms with E-state index in [9.17, 15) is 13.2 Å². The third-order valence-corrected chi connectivity index (χ3v) is 2.83. The molecule has 0 amide bonds. The SMILES string of the molecule is FC(F)(F)COCc1noc(-c2cn(C3CNC3)nn2)n1. The molecule has 8 nitrogen and oxygen atoms in total. The minimum Gasteiger partial charge on any atom is -0.364 e. The Balaban J connectivity index is 1.60. The molecule has 3 rings (SSSR count). The number of aromatic nitrogens is 5. The Bertz CT molecular complexity index is 606. The van der Waals surface area contributed by atoms with Crippen molar-refractivity contribution in [2.24, 2.45) is 0 Å². The van der Waals surface area contributed by atoms with Gasteiger partial charge in [-0.3, -0.25) is 0 Å². The second kappa shape index (κ2) is 5.41. The van der Waals surface area contributed by atoms with Crippen LogP contribution < -0.4 is 5.32 Å². The lowest BCUT2D eigenvalue weighted by Gasteiger charge is -2.26. The number of halogens is 3. The van der Waals surface area contributed by atoms with E-state index in [4.69, 9.17) is 4.52 Å². The van der Waals surface area contributed by atoms with Crippen LogP contribution in [0, 0.1) is 0 Å². The summed E-state index contributed by atoms with van der Waals surface area (Å²) in [4.78, 5) is 3.91. The van der Waals surface area contributed by atoms with E-state index in [0.29, 0.717) is 5.69 Å². The van der Waals surface area contributed by atoms with Crippen LogP contribution in [0.15, 0.2) is 10.7 Å². The second-order valence-corrected chi connectivity index (χ2v) is 4.52. The van der Waals surface area contributed by atoms with Crippen molar-refractivity contribution in [3.8, 4) is 11.6 Å². The van der Waals surface area contributed by atoms with E-state index in [2.05, 4.69) is 30.5 Å². The summed E-state index contributed by atoms with van der Waals surface area (Å²) in [5, 5.41) is 14.5. The minimum absolute atomic E-state index is 0.0223. The lowest BCUT2D eigenvalue weighted by Crippen LogP contribution is -2.43. The van der Waals surface area contributed by atoms with Gasteiger partial charge >= 0.3 is 6.18 Å². The average Bonchev–Trinajstić information content (AvgIpc) is 2.93. The Labute approximate surface area is 116 Å². The highest BCUT2D eigenvalue weighted by atomic mass is 19.4. The fourth-order valence-corrected chi connectivity index (χ4v) is 1.69. The fourth-order valence-electron chi connectivity index (χ4n) is 1.69. The number of hydrogen-bond donors (Lipinski definition) is 1. The standard InChI is InChI=1S/C10H11F3N6O2/c11-10(12,13)5-20-4-8-15-9(21-17-8)7-3-19(18-16-7)6-1-14-2-6/h3,6,14H,1-2,4-5H2. The van der Waals surface area contributed by atoms with Gasteiger partial charge in [-0.2, -0.15) is 18.2 Å². The molecule has 21 heavy (non-hydrogen) atoms. The van der Waals surface area contributed by atoms with Crippen molar-refractivity contribution < 1.29 is 22.4 Å². The summed E-state index contributed by atoms with van der Waals surface area (Å²) < 4.78 is 46.8. The third-order valence-electron chi connectivity index (χ3n) is 2.83. The van der Waals surface area contributed by atoms with E-state index < -0.39 is 12.8 Å². The van der Waals surface area contributed by atoms with E-state index in [1.165, 1.54) is 0 Å². The van der Waals surface area contributed by atoms with Crippen LogP contribution in [-0.4, -0.2) is 51.0 Å². The number of nitrogens with one attached hydrogen (secondary N) is 1. The smallest absolute Gasteiger partial charge is 0.364 e. The van der Waals surface area contributed by atoms with Crippen molar-refractivity contribution in [1.29, 1.82) is 0 Å². The largest absolute Gasteiger partial charge is 0.411 e. The molecule has 0 unspecified atom stereocenters. The van der Waals surface area contributed by atoms with Gasteiger partial charge in [0.05, 0.1) is 12.2 Å². The molecule has 1 fully saturated rings. The quantitative estimate of drug-likeness (QED) is 0.862. The zero-order chi connectivity index (χ0) is 14.9. The van der Waals surface area contributed by atoms with Crippen LogP contribution in [0.5, 0.6) is 0 Å². The molecule has 3 heterocycles. The van der Waals surface area contributed by atoms with E-state index in [0.717, 1.165) is 13.1 Å². The molecule has 0 radical (unpaired) electrons. The van der Waals surface area contributed by atoms with Gasteiger partial charge in [0.1, 0.15) is 13.2 Å². The molecule has 0 aliphatic carbocycles. The predicted octanol–water partition coefficient (Wildman–Crippen LogP) is 0.551. The maximum atomic E-state index is 11.9. The van der Waals surface area contributed by atoms with Crippen LogP contribution in [0.25, 0.3) is 11.6 Å². The van der Waals surface area contributed by atoms with E-state index in [-0.39, 0.29) is 24.4 Å². The zero-order valence-corrected chi connectivity index (χ0v) is 10.7. The van der Waals surface area contributed by atoms with E-state index in [1.807, 2.05) is 0 Å². The van der Waals surface area contributed by atoms with Gasteiger partial charge in [0.15, 0.2) is 11.5 Å². The summed E-state index contributed by atoms with van der Waals surface area (Å²) in [7, 11) is 0. The lowest BCUT2D eigenvalue weighted by atomic mass is 10.2. The Morgan fingerprint density at radius 3 is 2.90 bits per heavy atom. The molecule has 114 valence electrons. The lowest BCUT2D eigenvalue weighted by molar-refractivity contribution is -0.177. The number of hydrogen-bond acceptors (Lipinski definition) is 7. The van der Waals surface area contributed by atoms with Crippen molar-refractivity contribution in [2.45, 2.75) is 18.8 Å². The van der Waals surface area contributed by atoms with Crippen molar-refractivity contribution in [3.63, 3.8) is 0 Å². The highest BCUT2D eigenvalue weighted by Gasteiger charge is 2.28. The van der Waals surface area contributed by atoms with Crippen molar-refractivity contribution in [2.75, 3.05) is 19.7 Å². The molecule has 2 aromatic heterocycles. The number of alkyl halides is 3. The number of nitrogens with zero attached hydrogens (tertiary/aromatic N) is 5. The molecule has 1 N–H and O–H groups in total. The molecule has 2 aromatic rings. The van der Waals surface area contributed by atoms with Crippen LogP contribution in [0.3, 0.4) is 0 Å². The number of ether oxygens (including phenoxy) is 1. The van der Waals surface area contributed by atoms with Crippen LogP contribution in [0.4, 0.5) is 13.2 Å². The zero-order valence-electron chi connectivity index (χ0n) is 10.7. The predicted molar refractivity (Wildman–Crippen MR) is 60.9 cm³/mol. The van der Waals surface area contributed by atoms with Gasteiger partial charge in [0.2, 0.25) is 0 Å². The monoisotopic (exact) mass is 304 g/mol. The van der Waals surface area contributed by atoms with Gasteiger partial charge in [-0.25, -0.2) is 4.68 Å². The molecule has 1 aliphatic heterocycles. The molecule has 0 aromatic carbocycles. The first-order valence-electron chi connectivity index (χ1n) is 6.11. The van der Waals surface area contributed by atoms with Gasteiger partial charge < -0.3 is 14.6 Å². The highest BCUT2D eigenvalue weighted by molar-refractivity contribution is 5.43. The maximum absolute atomic E-state index is 11.9. The first-order valence-corrected chi connectivity index (χ1v) is 6.11. The van der Waals surface area contributed by atoms with Gasteiger partial charge in [-0.1, -0.05) is 10.4 Å². The van der Waals surface area contributed by atoms with Crippen LogP contribution >= 0.6 is 0 Å². The fraction of sp³-hybridized carbons (Fsp3) is 0.600. The molecule has 0 atom stereocenters. The molecule has 0 saturated carbocycles. The molecule has 1 aliphatic rings. The van der Waals surface area contributed by atoms with Gasteiger partial charge in [-0.05, 0) is 0 Å². The second-order valence-electron chi connectivity index (χ2n) is 4.52. The molecule has 11 heteroatoms. The topological polar surface area (TPSA) is 90.9 Å². The maximum Gasteiger partial charge on any atom is 0.411 e. The van der Waals surface area contributed by atoms with E-state index in [1.54, 1.807) is 10.9 Å². The van der Waals surface area contributed by atoms with E-state index >= 15 is 0 Å². The minimum atomic E-state index is -4.38. The first kappa shape index (κ1) is 13.9. The molecule has 0 bridgehead atoms. The highest BCUT2D eigenvalue weighted by Crippen LogP contribution is 2.18. The summed E-state index contributed by atoms with van der Waals surface area (Å²) in [6.07, 6.45) is -2.73. The van der Waals surface area contributed by atoms with Gasteiger partial charge in [-0.15, -0.1) is 5.10 Å². The van der Waals surface area contributed by atoms with Crippen molar-refractivity contribution in [3.05, 3.63) is 12.0 Å².